The summed E-state index contributed by atoms with van der Waals surface area (Å²) in [7, 11) is 0. The Morgan fingerprint density at radius 1 is 1.21 bits per heavy atom. The van der Waals surface area contributed by atoms with Crippen molar-refractivity contribution in [2.24, 2.45) is 0 Å². The lowest BCUT2D eigenvalue weighted by Crippen LogP contribution is -2.33. The molecular formula is C21H21BrN2O4. The fourth-order valence-electron chi connectivity index (χ4n) is 3.11. The van der Waals surface area contributed by atoms with E-state index in [-0.39, 0.29) is 30.6 Å². The molecular weight excluding hydrogens is 424 g/mol. The topological polar surface area (TPSA) is 79.7 Å². The minimum Gasteiger partial charge on any atom is -0.507 e. The summed E-state index contributed by atoms with van der Waals surface area (Å²) in [5, 5.41) is 10.9. The summed E-state index contributed by atoms with van der Waals surface area (Å²) in [5.41, 5.74) is 1.01. The van der Waals surface area contributed by atoms with E-state index >= 15 is 0 Å². The summed E-state index contributed by atoms with van der Waals surface area (Å²) in [6.07, 6.45) is 1.60. The molecule has 6 nitrogen and oxygen atoms in total. The van der Waals surface area contributed by atoms with E-state index in [4.69, 9.17) is 4.74 Å². The molecule has 1 aliphatic rings. The maximum Gasteiger partial charge on any atom is 0.295 e. The van der Waals surface area contributed by atoms with Crippen LogP contribution in [-0.4, -0.2) is 45.9 Å². The molecule has 0 radical (unpaired) electrons. The number of carbonyl (C=O) groups is 2. The normalized spacial score (nSPS) is 18.9. The molecule has 3 rings (SSSR count). The molecule has 1 unspecified atom stereocenters. The zero-order valence-corrected chi connectivity index (χ0v) is 17.2. The van der Waals surface area contributed by atoms with Crippen LogP contribution in [0.4, 0.5) is 0 Å². The Kier molecular flexibility index (Phi) is 6.26. The van der Waals surface area contributed by atoms with Gasteiger partial charge in [0.1, 0.15) is 11.8 Å². The first-order valence-electron chi connectivity index (χ1n) is 8.97. The lowest BCUT2D eigenvalue weighted by Gasteiger charge is -2.24. The van der Waals surface area contributed by atoms with Gasteiger partial charge in [-0.3, -0.25) is 14.6 Å². The molecule has 28 heavy (non-hydrogen) atoms. The van der Waals surface area contributed by atoms with Crippen molar-refractivity contribution in [2.45, 2.75) is 26.0 Å². The van der Waals surface area contributed by atoms with E-state index < -0.39 is 17.7 Å². The minimum atomic E-state index is -0.763. The molecule has 1 saturated heterocycles. The number of hydrogen-bond donors (Lipinski definition) is 1. The monoisotopic (exact) mass is 444 g/mol. The molecule has 1 N–H and O–H groups in total. The van der Waals surface area contributed by atoms with Gasteiger partial charge >= 0.3 is 0 Å². The minimum absolute atomic E-state index is 0.00730. The second-order valence-electron chi connectivity index (χ2n) is 6.67. The highest BCUT2D eigenvalue weighted by Gasteiger charge is 2.46. The molecule has 0 saturated carbocycles. The molecule has 0 aliphatic carbocycles. The molecule has 0 bridgehead atoms. The second kappa shape index (κ2) is 8.67. The fourth-order valence-corrected chi connectivity index (χ4v) is 3.37. The van der Waals surface area contributed by atoms with Gasteiger partial charge < -0.3 is 14.7 Å². The Bertz CT molecular complexity index is 894. The Morgan fingerprint density at radius 3 is 2.54 bits per heavy atom. The van der Waals surface area contributed by atoms with Crippen LogP contribution in [0.15, 0.2) is 58.7 Å². The number of pyridine rings is 1. The third-order valence-corrected chi connectivity index (χ3v) is 4.94. The lowest BCUT2D eigenvalue weighted by molar-refractivity contribution is -0.140. The van der Waals surface area contributed by atoms with Crippen molar-refractivity contribution in [3.8, 4) is 0 Å². The molecule has 1 amide bonds. The van der Waals surface area contributed by atoms with Crippen molar-refractivity contribution >= 4 is 33.4 Å². The average molecular weight is 445 g/mol. The molecule has 2 heterocycles. The van der Waals surface area contributed by atoms with Crippen LogP contribution in [-0.2, 0) is 14.3 Å². The van der Waals surface area contributed by atoms with Crippen molar-refractivity contribution in [2.75, 3.05) is 13.2 Å². The zero-order valence-electron chi connectivity index (χ0n) is 15.6. The van der Waals surface area contributed by atoms with E-state index in [1.807, 2.05) is 13.8 Å². The first-order valence-corrected chi connectivity index (χ1v) is 9.76. The van der Waals surface area contributed by atoms with Gasteiger partial charge in [-0.15, -0.1) is 0 Å². The number of halogens is 1. The van der Waals surface area contributed by atoms with Gasteiger partial charge in [-0.05, 0) is 38.1 Å². The van der Waals surface area contributed by atoms with E-state index in [0.717, 1.165) is 4.47 Å². The van der Waals surface area contributed by atoms with Gasteiger partial charge in [0.2, 0.25) is 0 Å². The Balaban J connectivity index is 2.06. The highest BCUT2D eigenvalue weighted by atomic mass is 79.9. The largest absolute Gasteiger partial charge is 0.507 e. The highest BCUT2D eigenvalue weighted by molar-refractivity contribution is 9.10. The summed E-state index contributed by atoms with van der Waals surface area (Å²) in [5.74, 6) is -1.60. The standard InChI is InChI=1S/C21H21BrN2O4/c1-13(2)28-12-11-24-18(16-5-3-4-10-23-16)17(20(26)21(24)27)19(25)14-6-8-15(22)9-7-14/h3-10,13,18,25H,11-12H2,1-2H3/b19-17-. The van der Waals surface area contributed by atoms with Crippen LogP contribution in [0.25, 0.3) is 5.76 Å². The number of carbonyl (C=O) groups excluding carboxylic acids is 2. The number of Topliss-reactive ketones (excluding diaryl/α,β-unsaturated/α-hetero) is 1. The predicted octanol–water partition coefficient (Wildman–Crippen LogP) is 3.69. The summed E-state index contributed by atoms with van der Waals surface area (Å²) >= 11 is 3.35. The predicted molar refractivity (Wildman–Crippen MR) is 108 cm³/mol. The number of ketones is 1. The van der Waals surface area contributed by atoms with E-state index in [0.29, 0.717) is 11.3 Å². The number of likely N-dealkylation sites (tertiary alicyclic amines) is 1. The first kappa shape index (κ1) is 20.2. The smallest absolute Gasteiger partial charge is 0.295 e. The SMILES string of the molecule is CC(C)OCCN1C(=O)C(=O)/C(=C(\O)c2ccc(Br)cc2)C1c1ccccn1. The van der Waals surface area contributed by atoms with Crippen LogP contribution >= 0.6 is 15.9 Å². The number of aliphatic hydroxyl groups is 1. The van der Waals surface area contributed by atoms with E-state index in [1.54, 1.807) is 48.7 Å². The van der Waals surface area contributed by atoms with Crippen LogP contribution < -0.4 is 0 Å². The van der Waals surface area contributed by atoms with Crippen LogP contribution in [0.5, 0.6) is 0 Å². The van der Waals surface area contributed by atoms with Crippen LogP contribution in [0.1, 0.15) is 31.1 Å². The number of amides is 1. The maximum absolute atomic E-state index is 12.8. The van der Waals surface area contributed by atoms with E-state index in [9.17, 15) is 14.7 Å². The molecule has 1 aromatic carbocycles. The van der Waals surface area contributed by atoms with Gasteiger partial charge in [-0.25, -0.2) is 0 Å². The Morgan fingerprint density at radius 2 is 1.93 bits per heavy atom. The number of aliphatic hydroxyl groups excluding tert-OH is 1. The van der Waals surface area contributed by atoms with Crippen LogP contribution in [0.3, 0.4) is 0 Å². The van der Waals surface area contributed by atoms with Crippen molar-refractivity contribution in [1.82, 2.24) is 9.88 Å². The Labute approximate surface area is 172 Å². The maximum atomic E-state index is 12.8. The average Bonchev–Trinajstić information content (AvgIpc) is 2.93. The number of aromatic nitrogens is 1. The number of hydrogen-bond acceptors (Lipinski definition) is 5. The number of nitrogens with zero attached hydrogens (tertiary/aromatic N) is 2. The summed E-state index contributed by atoms with van der Waals surface area (Å²) in [6.45, 7) is 4.31. The molecule has 1 atom stereocenters. The molecule has 7 heteroatoms. The van der Waals surface area contributed by atoms with Crippen molar-refractivity contribution in [3.05, 3.63) is 70.0 Å². The highest BCUT2D eigenvalue weighted by Crippen LogP contribution is 2.38. The zero-order chi connectivity index (χ0) is 20.3. The Hall–Kier alpha value is -2.51. The van der Waals surface area contributed by atoms with Crippen molar-refractivity contribution in [3.63, 3.8) is 0 Å². The van der Waals surface area contributed by atoms with E-state index in [2.05, 4.69) is 20.9 Å². The molecule has 2 aromatic rings. The van der Waals surface area contributed by atoms with Crippen LogP contribution in [0, 0.1) is 0 Å². The van der Waals surface area contributed by atoms with Gasteiger partial charge in [0.25, 0.3) is 11.7 Å². The third kappa shape index (κ3) is 4.15. The van der Waals surface area contributed by atoms with Gasteiger partial charge in [-0.2, -0.15) is 0 Å². The third-order valence-electron chi connectivity index (χ3n) is 4.41. The van der Waals surface area contributed by atoms with Crippen LogP contribution in [0.2, 0.25) is 0 Å². The summed E-state index contributed by atoms with van der Waals surface area (Å²) < 4.78 is 6.40. The van der Waals surface area contributed by atoms with Gasteiger partial charge in [0, 0.05) is 22.8 Å². The fraction of sp³-hybridized carbons (Fsp3) is 0.286. The van der Waals surface area contributed by atoms with Crippen molar-refractivity contribution in [1.29, 1.82) is 0 Å². The summed E-state index contributed by atoms with van der Waals surface area (Å²) in [4.78, 5) is 31.2. The number of rotatable bonds is 6. The lowest BCUT2D eigenvalue weighted by atomic mass is 9.98. The van der Waals surface area contributed by atoms with E-state index in [1.165, 1.54) is 4.90 Å². The molecule has 146 valence electrons. The molecule has 0 spiro atoms. The second-order valence-corrected chi connectivity index (χ2v) is 7.59. The quantitative estimate of drug-likeness (QED) is 0.417. The number of benzene rings is 1. The van der Waals surface area contributed by atoms with Gasteiger partial charge in [0.15, 0.2) is 0 Å². The van der Waals surface area contributed by atoms with Gasteiger partial charge in [-0.1, -0.05) is 34.1 Å². The summed E-state index contributed by atoms with van der Waals surface area (Å²) in [6, 6.07) is 11.4. The van der Waals surface area contributed by atoms with Crippen molar-refractivity contribution < 1.29 is 19.4 Å². The molecule has 1 aliphatic heterocycles. The van der Waals surface area contributed by atoms with Gasteiger partial charge in [0.05, 0.1) is 24.0 Å². The molecule has 1 fully saturated rings. The first-order chi connectivity index (χ1) is 13.4. The number of ether oxygens (including phenoxy) is 1. The molecule has 1 aromatic heterocycles.